The molecule has 31 heavy (non-hydrogen) atoms. The van der Waals surface area contributed by atoms with E-state index >= 15 is 0 Å². The molecule has 0 saturated heterocycles. The van der Waals surface area contributed by atoms with Gasteiger partial charge in [-0.1, -0.05) is 25.1 Å². The zero-order chi connectivity index (χ0) is 22.8. The molecule has 1 atom stereocenters. The number of aryl methyl sites for hydroxylation is 1. The van der Waals surface area contributed by atoms with Crippen molar-refractivity contribution < 1.29 is 18.8 Å². The number of benzene rings is 1. The van der Waals surface area contributed by atoms with Gasteiger partial charge < -0.3 is 24.4 Å². The number of nitrogens with zero attached hydrogens (tertiary/aromatic N) is 3. The van der Waals surface area contributed by atoms with E-state index in [-0.39, 0.29) is 24.4 Å². The predicted molar refractivity (Wildman–Crippen MR) is 120 cm³/mol. The summed E-state index contributed by atoms with van der Waals surface area (Å²) in [4.78, 5) is 29.9. The van der Waals surface area contributed by atoms with Crippen molar-refractivity contribution in [3.8, 4) is 5.75 Å². The molecule has 1 aromatic heterocycles. The molecule has 8 nitrogen and oxygen atoms in total. The van der Waals surface area contributed by atoms with Crippen LogP contribution in [0.4, 0.5) is 5.82 Å². The summed E-state index contributed by atoms with van der Waals surface area (Å²) in [6.07, 6.45) is 1.73. The molecule has 8 heteroatoms. The summed E-state index contributed by atoms with van der Waals surface area (Å²) in [5, 5.41) is 6.49. The molecule has 0 aliphatic rings. The Labute approximate surface area is 184 Å². The van der Waals surface area contributed by atoms with Gasteiger partial charge in [-0.15, -0.1) is 0 Å². The number of amides is 2. The zero-order valence-electron chi connectivity index (χ0n) is 19.2. The number of carbonyl (C=O) groups excluding carboxylic acids is 2. The van der Waals surface area contributed by atoms with Crippen molar-refractivity contribution in [3.05, 3.63) is 41.7 Å². The van der Waals surface area contributed by atoms with E-state index in [2.05, 4.69) is 29.2 Å². The van der Waals surface area contributed by atoms with E-state index in [0.717, 1.165) is 32.5 Å². The molecule has 0 bridgehead atoms. The third-order valence-electron chi connectivity index (χ3n) is 5.31. The summed E-state index contributed by atoms with van der Waals surface area (Å²) in [7, 11) is 1.56. The fourth-order valence-corrected chi connectivity index (χ4v) is 3.42. The fraction of sp³-hybridized carbons (Fsp3) is 0.522. The second kappa shape index (κ2) is 12.1. The lowest BCUT2D eigenvalue weighted by Gasteiger charge is -2.29. The number of methoxy groups -OCH3 is 1. The van der Waals surface area contributed by atoms with Crippen molar-refractivity contribution >= 4 is 17.6 Å². The van der Waals surface area contributed by atoms with Gasteiger partial charge in [0.1, 0.15) is 18.1 Å². The average Bonchev–Trinajstić information content (AvgIpc) is 3.18. The second-order valence-electron chi connectivity index (χ2n) is 7.55. The summed E-state index contributed by atoms with van der Waals surface area (Å²) in [5.41, 5.74) is 0.486. The molecule has 2 amide bonds. The second-order valence-corrected chi connectivity index (χ2v) is 7.55. The summed E-state index contributed by atoms with van der Waals surface area (Å²) >= 11 is 0. The van der Waals surface area contributed by atoms with E-state index in [9.17, 15) is 9.59 Å². The van der Waals surface area contributed by atoms with E-state index < -0.39 is 0 Å². The number of rotatable bonds is 12. The van der Waals surface area contributed by atoms with E-state index in [4.69, 9.17) is 9.26 Å². The molecular weight excluding hydrogens is 396 g/mol. The minimum Gasteiger partial charge on any atom is -0.497 e. The van der Waals surface area contributed by atoms with Crippen molar-refractivity contribution in [1.29, 1.82) is 0 Å². The minimum absolute atomic E-state index is 0.0750. The zero-order valence-corrected chi connectivity index (χ0v) is 19.2. The molecule has 0 unspecified atom stereocenters. The lowest BCUT2D eigenvalue weighted by Crippen LogP contribution is -2.44. The van der Waals surface area contributed by atoms with Crippen LogP contribution in [0.15, 0.2) is 34.9 Å². The maximum Gasteiger partial charge on any atom is 0.254 e. The number of nitrogens with one attached hydrogen (secondary N) is 1. The molecular formula is C23H34N4O4. The molecule has 2 aromatic rings. The van der Waals surface area contributed by atoms with Crippen LogP contribution >= 0.6 is 0 Å². The Morgan fingerprint density at radius 3 is 2.58 bits per heavy atom. The molecule has 0 radical (unpaired) electrons. The number of hydrogen-bond acceptors (Lipinski definition) is 6. The van der Waals surface area contributed by atoms with E-state index in [1.54, 1.807) is 49.3 Å². The van der Waals surface area contributed by atoms with Crippen LogP contribution in [0, 0.1) is 6.92 Å². The van der Waals surface area contributed by atoms with Crippen LogP contribution < -0.4 is 10.1 Å². The smallest absolute Gasteiger partial charge is 0.254 e. The highest BCUT2D eigenvalue weighted by atomic mass is 16.5. The summed E-state index contributed by atoms with van der Waals surface area (Å²) < 4.78 is 10.2. The van der Waals surface area contributed by atoms with Crippen LogP contribution in [-0.2, 0) is 4.79 Å². The van der Waals surface area contributed by atoms with Crippen LogP contribution in [0.25, 0.3) is 0 Å². The average molecular weight is 431 g/mol. The van der Waals surface area contributed by atoms with Crippen LogP contribution in [-0.4, -0.2) is 66.1 Å². The summed E-state index contributed by atoms with van der Waals surface area (Å²) in [5.74, 6) is 1.01. The lowest BCUT2D eigenvalue weighted by atomic mass is 10.1. The summed E-state index contributed by atoms with van der Waals surface area (Å²) in [6, 6.07) is 8.51. The predicted octanol–water partition coefficient (Wildman–Crippen LogP) is 3.58. The van der Waals surface area contributed by atoms with Crippen LogP contribution in [0.3, 0.4) is 0 Å². The van der Waals surface area contributed by atoms with E-state index in [1.807, 2.05) is 6.92 Å². The van der Waals surface area contributed by atoms with Crippen LogP contribution in [0.5, 0.6) is 5.75 Å². The van der Waals surface area contributed by atoms with Crippen molar-refractivity contribution in [3.63, 3.8) is 0 Å². The molecule has 0 aliphatic carbocycles. The Hall–Kier alpha value is -2.87. The van der Waals surface area contributed by atoms with Gasteiger partial charge in [-0.05, 0) is 64.5 Å². The first kappa shape index (κ1) is 24.4. The van der Waals surface area contributed by atoms with Crippen LogP contribution in [0.2, 0.25) is 0 Å². The molecule has 2 rings (SSSR count). The number of ether oxygens (including phenoxy) is 1. The Kier molecular flexibility index (Phi) is 9.52. The Morgan fingerprint density at radius 2 is 1.97 bits per heavy atom. The third kappa shape index (κ3) is 7.40. The monoisotopic (exact) mass is 430 g/mol. The van der Waals surface area contributed by atoms with Gasteiger partial charge in [0, 0.05) is 17.7 Å². The Morgan fingerprint density at radius 1 is 1.23 bits per heavy atom. The maximum absolute atomic E-state index is 13.3. The first-order chi connectivity index (χ1) is 14.9. The lowest BCUT2D eigenvalue weighted by molar-refractivity contribution is -0.117. The SMILES string of the molecule is CCN(CC)CCC[C@H](C)N(CC(=O)Nc1cc(C)on1)C(=O)c1cccc(OC)c1. The molecule has 0 saturated carbocycles. The van der Waals surface area contributed by atoms with Gasteiger partial charge in [-0.25, -0.2) is 0 Å². The topological polar surface area (TPSA) is 87.9 Å². The molecule has 1 aromatic carbocycles. The molecule has 0 fully saturated rings. The van der Waals surface area contributed by atoms with Gasteiger partial charge in [-0.3, -0.25) is 9.59 Å². The van der Waals surface area contributed by atoms with Gasteiger partial charge in [0.15, 0.2) is 5.82 Å². The maximum atomic E-state index is 13.3. The Bertz CT molecular complexity index is 848. The molecule has 1 heterocycles. The fourth-order valence-electron chi connectivity index (χ4n) is 3.42. The van der Waals surface area contributed by atoms with Gasteiger partial charge in [-0.2, -0.15) is 0 Å². The van der Waals surface area contributed by atoms with Gasteiger partial charge in [0.05, 0.1) is 7.11 Å². The molecule has 170 valence electrons. The number of aromatic nitrogens is 1. The molecule has 0 aliphatic heterocycles. The highest BCUT2D eigenvalue weighted by Crippen LogP contribution is 2.18. The number of carbonyl (C=O) groups is 2. The first-order valence-electron chi connectivity index (χ1n) is 10.8. The normalized spacial score (nSPS) is 11.9. The molecule has 1 N–H and O–H groups in total. The Balaban J connectivity index is 2.12. The minimum atomic E-state index is -0.319. The number of anilines is 1. The van der Waals surface area contributed by atoms with Gasteiger partial charge in [0.25, 0.3) is 5.91 Å². The van der Waals surface area contributed by atoms with Gasteiger partial charge in [0.2, 0.25) is 5.91 Å². The summed E-state index contributed by atoms with van der Waals surface area (Å²) in [6.45, 7) is 10.9. The first-order valence-corrected chi connectivity index (χ1v) is 10.8. The highest BCUT2D eigenvalue weighted by molar-refractivity contribution is 5.99. The third-order valence-corrected chi connectivity index (χ3v) is 5.31. The molecule has 0 spiro atoms. The largest absolute Gasteiger partial charge is 0.497 e. The van der Waals surface area contributed by atoms with Crippen molar-refractivity contribution in [1.82, 2.24) is 15.0 Å². The highest BCUT2D eigenvalue weighted by Gasteiger charge is 2.25. The van der Waals surface area contributed by atoms with Gasteiger partial charge >= 0.3 is 0 Å². The van der Waals surface area contributed by atoms with E-state index in [1.165, 1.54) is 0 Å². The standard InChI is InChI=1S/C23H34N4O4/c1-6-26(7-2)13-9-10-17(3)27(16-22(28)24-21-14-18(4)31-25-21)23(29)19-11-8-12-20(15-19)30-5/h8,11-12,14-15,17H,6-7,9-10,13,16H2,1-5H3,(H,24,25,28)/t17-/m0/s1. The van der Waals surface area contributed by atoms with Crippen molar-refractivity contribution in [2.45, 2.75) is 46.6 Å². The van der Waals surface area contributed by atoms with Crippen molar-refractivity contribution in [2.75, 3.05) is 38.6 Å². The number of hydrogen-bond donors (Lipinski definition) is 1. The van der Waals surface area contributed by atoms with Crippen LogP contribution in [0.1, 0.15) is 49.7 Å². The van der Waals surface area contributed by atoms with Crippen molar-refractivity contribution in [2.24, 2.45) is 0 Å². The van der Waals surface area contributed by atoms with E-state index in [0.29, 0.717) is 22.9 Å². The quantitative estimate of drug-likeness (QED) is 0.554.